The largest absolute Gasteiger partial charge is 0.360 e. The first-order valence-corrected chi connectivity index (χ1v) is 7.82. The van der Waals surface area contributed by atoms with Gasteiger partial charge in [-0.15, -0.1) is 10.2 Å². The molecule has 0 unspecified atom stereocenters. The van der Waals surface area contributed by atoms with Crippen LogP contribution in [0.1, 0.15) is 17.1 Å². The maximum absolute atomic E-state index is 13.8. The smallest absolute Gasteiger partial charge is 0.212 e. The summed E-state index contributed by atoms with van der Waals surface area (Å²) in [5, 5.41) is 13.6. The number of H-pyrrole nitrogens is 1. The summed E-state index contributed by atoms with van der Waals surface area (Å²) in [5.41, 5.74) is 2.49. The van der Waals surface area contributed by atoms with Gasteiger partial charge in [0.15, 0.2) is 5.82 Å². The summed E-state index contributed by atoms with van der Waals surface area (Å²) in [4.78, 5) is 3.15. The van der Waals surface area contributed by atoms with Gasteiger partial charge in [0.2, 0.25) is 5.16 Å². The molecule has 0 fully saturated rings. The van der Waals surface area contributed by atoms with Gasteiger partial charge in [-0.3, -0.25) is 0 Å². The third-order valence-electron chi connectivity index (χ3n) is 3.45. The zero-order chi connectivity index (χ0) is 14.9. The van der Waals surface area contributed by atoms with Crippen molar-refractivity contribution in [3.63, 3.8) is 0 Å². The van der Waals surface area contributed by atoms with Crippen LogP contribution in [0.25, 0.3) is 0 Å². The zero-order valence-electron chi connectivity index (χ0n) is 11.5. The molecule has 0 aliphatic carbocycles. The number of hydrogen-bond acceptors (Lipinski definition) is 4. The predicted octanol–water partition coefficient (Wildman–Crippen LogP) is 2.69. The highest BCUT2D eigenvalue weighted by Gasteiger charge is 2.20. The molecule has 0 spiro atoms. The maximum atomic E-state index is 13.8. The summed E-state index contributed by atoms with van der Waals surface area (Å²) in [6.45, 7) is 0. The minimum absolute atomic E-state index is 0.239. The van der Waals surface area contributed by atoms with Crippen molar-refractivity contribution in [2.75, 3.05) is 5.75 Å². The van der Waals surface area contributed by atoms with Gasteiger partial charge in [0.05, 0.1) is 11.4 Å². The van der Waals surface area contributed by atoms with Crippen LogP contribution in [0, 0.1) is 5.82 Å². The molecule has 5 nitrogen and oxygen atoms in total. The van der Waals surface area contributed by atoms with Crippen molar-refractivity contribution in [3.8, 4) is 0 Å². The van der Waals surface area contributed by atoms with E-state index < -0.39 is 0 Å². The highest BCUT2D eigenvalue weighted by atomic mass is 32.2. The topological polar surface area (TPSA) is 58.9 Å². The van der Waals surface area contributed by atoms with Crippen molar-refractivity contribution in [2.24, 2.45) is 5.10 Å². The number of nitrogens with one attached hydrogen (secondary N) is 1. The number of nitrogens with zero attached hydrogens (tertiary/aromatic N) is 4. The van der Waals surface area contributed by atoms with Crippen molar-refractivity contribution < 1.29 is 4.39 Å². The molecule has 0 saturated heterocycles. The second-order valence-corrected chi connectivity index (χ2v) is 5.84. The summed E-state index contributed by atoms with van der Waals surface area (Å²) in [6.07, 6.45) is 2.23. The Morgan fingerprint density at radius 2 is 2.09 bits per heavy atom. The number of halogens is 1. The van der Waals surface area contributed by atoms with Crippen LogP contribution in [0.5, 0.6) is 0 Å². The van der Waals surface area contributed by atoms with Gasteiger partial charge in [0, 0.05) is 18.4 Å². The van der Waals surface area contributed by atoms with E-state index in [1.54, 1.807) is 28.6 Å². The first-order valence-electron chi connectivity index (χ1n) is 6.83. The van der Waals surface area contributed by atoms with Gasteiger partial charge in [-0.1, -0.05) is 30.0 Å². The first kappa shape index (κ1) is 13.3. The lowest BCUT2D eigenvalue weighted by atomic mass is 10.1. The molecular formula is C15H12FN5S. The summed E-state index contributed by atoms with van der Waals surface area (Å²) < 4.78 is 15.5. The summed E-state index contributed by atoms with van der Waals surface area (Å²) >= 11 is 1.58. The Bertz CT molecular complexity index is 838. The Morgan fingerprint density at radius 1 is 1.18 bits per heavy atom. The molecule has 0 radical (unpaired) electrons. The van der Waals surface area contributed by atoms with Crippen molar-refractivity contribution in [1.29, 1.82) is 0 Å². The molecule has 0 saturated carbocycles. The van der Waals surface area contributed by atoms with E-state index in [-0.39, 0.29) is 5.82 Å². The molecule has 7 heteroatoms. The van der Waals surface area contributed by atoms with E-state index in [1.165, 1.54) is 6.07 Å². The highest BCUT2D eigenvalue weighted by Crippen LogP contribution is 2.24. The summed E-state index contributed by atoms with van der Waals surface area (Å²) in [6, 6.07) is 10.6. The van der Waals surface area contributed by atoms with Crippen molar-refractivity contribution in [3.05, 3.63) is 65.5 Å². The Labute approximate surface area is 130 Å². The van der Waals surface area contributed by atoms with Gasteiger partial charge >= 0.3 is 0 Å². The number of thioether (sulfide) groups is 1. The molecule has 3 aromatic rings. The van der Waals surface area contributed by atoms with Gasteiger partial charge < -0.3 is 4.98 Å². The third-order valence-corrected chi connectivity index (χ3v) is 4.38. The molecule has 4 rings (SSSR count). The number of fused-ring (bicyclic) bond motifs is 1. The molecule has 0 amide bonds. The first-order chi connectivity index (χ1) is 10.8. The minimum Gasteiger partial charge on any atom is -0.360 e. The highest BCUT2D eigenvalue weighted by molar-refractivity contribution is 7.99. The Kier molecular flexibility index (Phi) is 3.27. The second kappa shape index (κ2) is 5.42. The fourth-order valence-electron chi connectivity index (χ4n) is 2.33. The predicted molar refractivity (Wildman–Crippen MR) is 82.7 cm³/mol. The van der Waals surface area contributed by atoms with Gasteiger partial charge in [0.1, 0.15) is 5.82 Å². The Morgan fingerprint density at radius 3 is 2.91 bits per heavy atom. The van der Waals surface area contributed by atoms with Crippen LogP contribution in [0.2, 0.25) is 0 Å². The lowest BCUT2D eigenvalue weighted by molar-refractivity contribution is 0.608. The van der Waals surface area contributed by atoms with Crippen LogP contribution >= 0.6 is 11.8 Å². The molecule has 0 atom stereocenters. The van der Waals surface area contributed by atoms with E-state index in [0.29, 0.717) is 17.8 Å². The monoisotopic (exact) mass is 313 g/mol. The zero-order valence-corrected chi connectivity index (χ0v) is 12.3. The molecule has 1 N–H and O–H groups in total. The maximum Gasteiger partial charge on any atom is 0.212 e. The summed E-state index contributed by atoms with van der Waals surface area (Å²) in [5.74, 6) is 1.13. The van der Waals surface area contributed by atoms with Gasteiger partial charge in [0.25, 0.3) is 0 Å². The molecule has 110 valence electrons. The molecule has 2 aromatic heterocycles. The van der Waals surface area contributed by atoms with E-state index in [4.69, 9.17) is 0 Å². The summed E-state index contributed by atoms with van der Waals surface area (Å²) in [7, 11) is 0. The minimum atomic E-state index is -0.239. The molecular weight excluding hydrogens is 301 g/mol. The average molecular weight is 313 g/mol. The molecule has 1 aliphatic rings. The van der Waals surface area contributed by atoms with E-state index in [9.17, 15) is 4.39 Å². The molecule has 1 aliphatic heterocycles. The lowest BCUT2D eigenvalue weighted by Crippen LogP contribution is -2.15. The van der Waals surface area contributed by atoms with E-state index in [0.717, 1.165) is 22.3 Å². The SMILES string of the molecule is Fc1ccccc1Cc1nnc2n1N=C(c1ccc[nH]1)CS2. The van der Waals surface area contributed by atoms with Crippen LogP contribution in [0.15, 0.2) is 52.9 Å². The van der Waals surface area contributed by atoms with E-state index >= 15 is 0 Å². The van der Waals surface area contributed by atoms with Gasteiger partial charge in [-0.25, -0.2) is 4.39 Å². The number of benzene rings is 1. The van der Waals surface area contributed by atoms with Gasteiger partial charge in [-0.05, 0) is 23.8 Å². The Balaban J connectivity index is 1.71. The quantitative estimate of drug-likeness (QED) is 0.809. The number of aromatic nitrogens is 4. The van der Waals surface area contributed by atoms with E-state index in [2.05, 4.69) is 20.3 Å². The van der Waals surface area contributed by atoms with E-state index in [1.807, 2.05) is 24.4 Å². The molecule has 22 heavy (non-hydrogen) atoms. The van der Waals surface area contributed by atoms with Crippen molar-refractivity contribution in [2.45, 2.75) is 11.6 Å². The standard InChI is InChI=1S/C15H12FN5S/c16-11-5-2-1-4-10(11)8-14-18-19-15-21(14)20-13(9-22-15)12-6-3-7-17-12/h1-7,17H,8-9H2. The molecule has 3 heterocycles. The van der Waals surface area contributed by atoms with Crippen LogP contribution in [-0.4, -0.2) is 31.3 Å². The molecule has 0 bridgehead atoms. The average Bonchev–Trinajstić information content (AvgIpc) is 3.19. The number of rotatable bonds is 3. The second-order valence-electron chi connectivity index (χ2n) is 4.90. The number of hydrogen-bond donors (Lipinski definition) is 1. The van der Waals surface area contributed by atoms with Crippen molar-refractivity contribution >= 4 is 17.5 Å². The van der Waals surface area contributed by atoms with Crippen LogP contribution in [-0.2, 0) is 6.42 Å². The van der Waals surface area contributed by atoms with Crippen LogP contribution < -0.4 is 0 Å². The fourth-order valence-corrected chi connectivity index (χ4v) is 3.18. The van der Waals surface area contributed by atoms with Crippen LogP contribution in [0.3, 0.4) is 0 Å². The lowest BCUT2D eigenvalue weighted by Gasteiger charge is -2.12. The van der Waals surface area contributed by atoms with Crippen LogP contribution in [0.4, 0.5) is 4.39 Å². The normalized spacial score (nSPS) is 13.8. The fraction of sp³-hybridized carbons (Fsp3) is 0.133. The molecule has 1 aromatic carbocycles. The Hall–Kier alpha value is -2.41. The van der Waals surface area contributed by atoms with Crippen molar-refractivity contribution in [1.82, 2.24) is 19.9 Å². The third kappa shape index (κ3) is 2.33. The number of aromatic amines is 1. The van der Waals surface area contributed by atoms with Gasteiger partial charge in [-0.2, -0.15) is 9.78 Å².